The number of ether oxygens (including phenoxy) is 2. The predicted molar refractivity (Wildman–Crippen MR) is 105 cm³/mol. The molecule has 2 saturated carbocycles. The molecule has 0 aromatic heterocycles. The highest BCUT2D eigenvalue weighted by atomic mass is 35.5. The number of carbonyl (C=O) groups excluding carboxylic acids is 1. The van der Waals surface area contributed by atoms with E-state index in [1.54, 1.807) is 14.2 Å². The van der Waals surface area contributed by atoms with Gasteiger partial charge >= 0.3 is 0 Å². The Bertz CT molecular complexity index is 849. The van der Waals surface area contributed by atoms with Crippen LogP contribution in [0.1, 0.15) is 36.3 Å². The second kappa shape index (κ2) is 7.43. The molecule has 0 saturated heterocycles. The standard InChI is InChI=1S/C22H24ClNO3/c1-26-18-8-9-21(27-2)15(11-18)13-24(17-6-7-17)22(25)20-12-19(20)14-4-3-5-16(23)10-14/h3-5,8-11,17,19-20H,6-7,12-13H2,1-2H3. The first-order valence-corrected chi connectivity index (χ1v) is 9.75. The van der Waals surface area contributed by atoms with Crippen molar-refractivity contribution in [2.24, 2.45) is 5.92 Å². The molecule has 0 N–H and O–H groups in total. The van der Waals surface area contributed by atoms with E-state index in [0.29, 0.717) is 12.6 Å². The normalized spacial score (nSPS) is 20.9. The molecule has 0 bridgehead atoms. The van der Waals surface area contributed by atoms with Crippen LogP contribution in [-0.4, -0.2) is 31.1 Å². The zero-order valence-electron chi connectivity index (χ0n) is 15.7. The van der Waals surface area contributed by atoms with Crippen molar-refractivity contribution in [1.29, 1.82) is 0 Å². The highest BCUT2D eigenvalue weighted by Gasteiger charge is 2.48. The zero-order valence-corrected chi connectivity index (χ0v) is 16.4. The Labute approximate surface area is 165 Å². The maximum absolute atomic E-state index is 13.2. The number of methoxy groups -OCH3 is 2. The van der Waals surface area contributed by atoms with Crippen molar-refractivity contribution >= 4 is 17.5 Å². The summed E-state index contributed by atoms with van der Waals surface area (Å²) in [4.78, 5) is 15.3. The fourth-order valence-electron chi connectivity index (χ4n) is 3.75. The molecule has 2 unspecified atom stereocenters. The summed E-state index contributed by atoms with van der Waals surface area (Å²) < 4.78 is 10.8. The molecule has 27 heavy (non-hydrogen) atoms. The third-order valence-corrected chi connectivity index (χ3v) is 5.72. The monoisotopic (exact) mass is 385 g/mol. The van der Waals surface area contributed by atoms with Crippen LogP contribution in [0.15, 0.2) is 42.5 Å². The zero-order chi connectivity index (χ0) is 19.0. The third-order valence-electron chi connectivity index (χ3n) is 5.48. The van der Waals surface area contributed by atoms with Gasteiger partial charge in [0.2, 0.25) is 5.91 Å². The quantitative estimate of drug-likeness (QED) is 0.696. The van der Waals surface area contributed by atoms with Gasteiger partial charge in [-0.25, -0.2) is 0 Å². The Balaban J connectivity index is 1.52. The molecule has 0 aliphatic heterocycles. The van der Waals surface area contributed by atoms with E-state index in [2.05, 4.69) is 6.07 Å². The highest BCUT2D eigenvalue weighted by Crippen LogP contribution is 2.50. The SMILES string of the molecule is COc1ccc(OC)c(CN(C(=O)C2CC2c2cccc(Cl)c2)C2CC2)c1. The van der Waals surface area contributed by atoms with Crippen LogP contribution in [0.3, 0.4) is 0 Å². The Morgan fingerprint density at radius 1 is 1.15 bits per heavy atom. The van der Waals surface area contributed by atoms with Gasteiger partial charge in [0.05, 0.1) is 14.2 Å². The first kappa shape index (κ1) is 18.2. The van der Waals surface area contributed by atoms with Crippen LogP contribution in [0.5, 0.6) is 11.5 Å². The number of hydrogen-bond acceptors (Lipinski definition) is 3. The van der Waals surface area contributed by atoms with E-state index in [9.17, 15) is 4.79 Å². The van der Waals surface area contributed by atoms with Crippen molar-refractivity contribution in [2.75, 3.05) is 14.2 Å². The van der Waals surface area contributed by atoms with E-state index in [1.165, 1.54) is 0 Å². The molecular weight excluding hydrogens is 362 g/mol. The molecule has 4 rings (SSSR count). The fraction of sp³-hybridized carbons (Fsp3) is 0.409. The van der Waals surface area contributed by atoms with Crippen molar-refractivity contribution < 1.29 is 14.3 Å². The Morgan fingerprint density at radius 3 is 2.63 bits per heavy atom. The number of nitrogens with zero attached hydrogens (tertiary/aromatic N) is 1. The molecule has 5 heteroatoms. The van der Waals surface area contributed by atoms with Gasteiger partial charge in [-0.1, -0.05) is 23.7 Å². The Morgan fingerprint density at radius 2 is 1.96 bits per heavy atom. The van der Waals surface area contributed by atoms with Crippen molar-refractivity contribution in [1.82, 2.24) is 4.90 Å². The van der Waals surface area contributed by atoms with Crippen LogP contribution < -0.4 is 9.47 Å². The van der Waals surface area contributed by atoms with E-state index in [-0.39, 0.29) is 17.7 Å². The van der Waals surface area contributed by atoms with Gasteiger partial charge in [-0.15, -0.1) is 0 Å². The molecule has 2 aromatic rings. The van der Waals surface area contributed by atoms with Gasteiger partial charge in [0.15, 0.2) is 0 Å². The van der Waals surface area contributed by atoms with Crippen molar-refractivity contribution in [3.8, 4) is 11.5 Å². The smallest absolute Gasteiger partial charge is 0.226 e. The minimum Gasteiger partial charge on any atom is -0.497 e. The van der Waals surface area contributed by atoms with Crippen LogP contribution >= 0.6 is 11.6 Å². The summed E-state index contributed by atoms with van der Waals surface area (Å²) in [5, 5.41) is 0.728. The van der Waals surface area contributed by atoms with Crippen LogP contribution in [0.25, 0.3) is 0 Å². The molecule has 2 fully saturated rings. The number of rotatable bonds is 7. The van der Waals surface area contributed by atoms with Crippen LogP contribution in [0.4, 0.5) is 0 Å². The predicted octanol–water partition coefficient (Wildman–Crippen LogP) is 4.65. The average Bonchev–Trinajstić information content (AvgIpc) is 3.58. The maximum Gasteiger partial charge on any atom is 0.226 e. The molecule has 0 spiro atoms. The van der Waals surface area contributed by atoms with Gasteiger partial charge in [-0.3, -0.25) is 4.79 Å². The number of amides is 1. The Kier molecular flexibility index (Phi) is 5.00. The van der Waals surface area contributed by atoms with E-state index in [4.69, 9.17) is 21.1 Å². The van der Waals surface area contributed by atoms with Crippen molar-refractivity contribution in [3.63, 3.8) is 0 Å². The number of carbonyl (C=O) groups is 1. The second-order valence-electron chi connectivity index (χ2n) is 7.38. The van der Waals surface area contributed by atoms with Crippen molar-refractivity contribution in [2.45, 2.75) is 37.8 Å². The fourth-order valence-corrected chi connectivity index (χ4v) is 3.95. The maximum atomic E-state index is 13.2. The molecule has 4 nitrogen and oxygen atoms in total. The van der Waals surface area contributed by atoms with E-state index < -0.39 is 0 Å². The summed E-state index contributed by atoms with van der Waals surface area (Å²) in [7, 11) is 3.31. The van der Waals surface area contributed by atoms with Crippen LogP contribution in [0, 0.1) is 5.92 Å². The molecule has 0 radical (unpaired) electrons. The van der Waals surface area contributed by atoms with Crippen LogP contribution in [-0.2, 0) is 11.3 Å². The summed E-state index contributed by atoms with van der Waals surface area (Å²) in [6.07, 6.45) is 3.05. The summed E-state index contributed by atoms with van der Waals surface area (Å²) in [5.41, 5.74) is 2.15. The first-order chi connectivity index (χ1) is 13.1. The first-order valence-electron chi connectivity index (χ1n) is 9.37. The molecule has 2 atom stereocenters. The van der Waals surface area contributed by atoms with Gasteiger partial charge < -0.3 is 14.4 Å². The number of benzene rings is 2. The van der Waals surface area contributed by atoms with Gasteiger partial charge in [0.1, 0.15) is 11.5 Å². The third kappa shape index (κ3) is 3.91. The summed E-state index contributed by atoms with van der Waals surface area (Å²) in [5.74, 6) is 2.14. The lowest BCUT2D eigenvalue weighted by atomic mass is 10.1. The van der Waals surface area contributed by atoms with Crippen molar-refractivity contribution in [3.05, 3.63) is 58.6 Å². The van der Waals surface area contributed by atoms with Crippen LogP contribution in [0.2, 0.25) is 5.02 Å². The van der Waals surface area contributed by atoms with Gasteiger partial charge in [-0.05, 0) is 61.1 Å². The lowest BCUT2D eigenvalue weighted by molar-refractivity contribution is -0.133. The molecule has 2 aliphatic carbocycles. The Hall–Kier alpha value is -2.20. The summed E-state index contributed by atoms with van der Waals surface area (Å²) >= 11 is 6.12. The lowest BCUT2D eigenvalue weighted by Gasteiger charge is -2.24. The minimum atomic E-state index is 0.0562. The molecular formula is C22H24ClNO3. The van der Waals surface area contributed by atoms with Gasteiger partial charge in [0.25, 0.3) is 0 Å². The summed E-state index contributed by atoms with van der Waals surface area (Å²) in [6, 6.07) is 13.9. The molecule has 1 amide bonds. The molecule has 142 valence electrons. The number of hydrogen-bond donors (Lipinski definition) is 0. The average molecular weight is 386 g/mol. The topological polar surface area (TPSA) is 38.8 Å². The molecule has 2 aromatic carbocycles. The molecule has 0 heterocycles. The number of halogens is 1. The van der Waals surface area contributed by atoms with E-state index in [0.717, 1.165) is 46.9 Å². The summed E-state index contributed by atoms with van der Waals surface area (Å²) in [6.45, 7) is 0.558. The minimum absolute atomic E-state index is 0.0562. The van der Waals surface area contributed by atoms with E-state index >= 15 is 0 Å². The lowest BCUT2D eigenvalue weighted by Crippen LogP contribution is -2.34. The van der Waals surface area contributed by atoms with E-state index in [1.807, 2.05) is 41.3 Å². The van der Waals surface area contributed by atoms with Gasteiger partial charge in [-0.2, -0.15) is 0 Å². The second-order valence-corrected chi connectivity index (χ2v) is 7.82. The highest BCUT2D eigenvalue weighted by molar-refractivity contribution is 6.30. The largest absolute Gasteiger partial charge is 0.497 e. The van der Waals surface area contributed by atoms with Gasteiger partial charge in [0, 0.05) is 29.1 Å². The molecule has 2 aliphatic rings.